The molecular weight excluding hydrogens is 358 g/mol. The number of benzene rings is 1. The molecule has 0 unspecified atom stereocenters. The molecule has 8 nitrogen and oxygen atoms in total. The van der Waals surface area contributed by atoms with Crippen molar-refractivity contribution in [2.45, 2.75) is 0 Å². The van der Waals surface area contributed by atoms with Gasteiger partial charge >= 0.3 is 6.03 Å². The number of amides is 2. The number of alkyl halides is 1. The average molecular weight is 380 g/mol. The van der Waals surface area contributed by atoms with E-state index in [-0.39, 0.29) is 6.03 Å². The van der Waals surface area contributed by atoms with Gasteiger partial charge in [0.25, 0.3) is 0 Å². The molecule has 140 valence electrons. The number of urea groups is 1. The normalized spacial score (nSPS) is 14.4. The van der Waals surface area contributed by atoms with Gasteiger partial charge < -0.3 is 24.6 Å². The SMILES string of the molecule is COc1cc2ncnc(N3CCN(C(=O)NCCCl)CC3)c2cc1OC. The van der Waals surface area contributed by atoms with Gasteiger partial charge in [0.1, 0.15) is 12.1 Å². The second-order valence-electron chi connectivity index (χ2n) is 5.82. The molecule has 1 N–H and O–H groups in total. The molecule has 1 aromatic heterocycles. The van der Waals surface area contributed by atoms with E-state index in [0.717, 1.165) is 16.7 Å². The molecule has 1 aliphatic rings. The Morgan fingerprint density at radius 1 is 1.15 bits per heavy atom. The van der Waals surface area contributed by atoms with Crippen molar-refractivity contribution in [3.8, 4) is 11.5 Å². The van der Waals surface area contributed by atoms with Crippen molar-refractivity contribution in [3.05, 3.63) is 18.5 Å². The Morgan fingerprint density at radius 2 is 1.85 bits per heavy atom. The van der Waals surface area contributed by atoms with Crippen LogP contribution in [0.5, 0.6) is 11.5 Å². The number of rotatable bonds is 5. The third-order valence-electron chi connectivity index (χ3n) is 4.36. The van der Waals surface area contributed by atoms with Gasteiger partial charge in [0.15, 0.2) is 11.5 Å². The number of hydrogen-bond donors (Lipinski definition) is 1. The predicted molar refractivity (Wildman–Crippen MR) is 101 cm³/mol. The number of anilines is 1. The minimum atomic E-state index is -0.0794. The summed E-state index contributed by atoms with van der Waals surface area (Å²) in [5.74, 6) is 2.50. The number of piperazine rings is 1. The standard InChI is InChI=1S/C17H22ClN5O3/c1-25-14-9-12-13(10-15(14)26-2)20-11-21-16(12)22-5-7-23(8-6-22)17(24)19-4-3-18/h9-11H,3-8H2,1-2H3,(H,19,24). The monoisotopic (exact) mass is 379 g/mol. The topological polar surface area (TPSA) is 79.8 Å². The van der Waals surface area contributed by atoms with E-state index in [9.17, 15) is 4.79 Å². The highest BCUT2D eigenvalue weighted by Gasteiger charge is 2.23. The minimum absolute atomic E-state index is 0.0794. The van der Waals surface area contributed by atoms with Crippen LogP contribution in [0, 0.1) is 0 Å². The van der Waals surface area contributed by atoms with E-state index in [1.807, 2.05) is 12.1 Å². The Balaban J connectivity index is 1.80. The number of nitrogens with zero attached hydrogens (tertiary/aromatic N) is 4. The number of carbonyl (C=O) groups is 1. The highest BCUT2D eigenvalue weighted by Crippen LogP contribution is 2.34. The Kier molecular flexibility index (Phi) is 5.82. The van der Waals surface area contributed by atoms with Crippen molar-refractivity contribution in [2.75, 3.05) is 57.7 Å². The van der Waals surface area contributed by atoms with E-state index in [1.165, 1.54) is 0 Å². The molecule has 0 saturated carbocycles. The fourth-order valence-electron chi connectivity index (χ4n) is 3.01. The van der Waals surface area contributed by atoms with Crippen LogP contribution < -0.4 is 19.7 Å². The molecule has 2 heterocycles. The molecular formula is C17H22ClN5O3. The fraction of sp³-hybridized carbons (Fsp3) is 0.471. The maximum atomic E-state index is 12.0. The van der Waals surface area contributed by atoms with Gasteiger partial charge in [-0.2, -0.15) is 0 Å². The lowest BCUT2D eigenvalue weighted by atomic mass is 10.2. The van der Waals surface area contributed by atoms with Crippen molar-refractivity contribution in [1.29, 1.82) is 0 Å². The number of fused-ring (bicyclic) bond motifs is 1. The molecule has 0 atom stereocenters. The number of ether oxygens (including phenoxy) is 2. The summed E-state index contributed by atoms with van der Waals surface area (Å²) in [4.78, 5) is 24.8. The highest BCUT2D eigenvalue weighted by molar-refractivity contribution is 6.18. The fourth-order valence-corrected chi connectivity index (χ4v) is 3.10. The Labute approximate surface area is 157 Å². The Morgan fingerprint density at radius 3 is 2.50 bits per heavy atom. The minimum Gasteiger partial charge on any atom is -0.493 e. The van der Waals surface area contributed by atoms with Crippen LogP contribution in [0.4, 0.5) is 10.6 Å². The molecule has 1 aliphatic heterocycles. The van der Waals surface area contributed by atoms with Gasteiger partial charge in [0.2, 0.25) is 0 Å². The maximum Gasteiger partial charge on any atom is 0.317 e. The van der Waals surface area contributed by atoms with Crippen molar-refractivity contribution < 1.29 is 14.3 Å². The van der Waals surface area contributed by atoms with Crippen LogP contribution >= 0.6 is 11.6 Å². The first kappa shape index (κ1) is 18.3. The molecule has 0 bridgehead atoms. The van der Waals surface area contributed by atoms with Gasteiger partial charge in [-0.3, -0.25) is 0 Å². The molecule has 9 heteroatoms. The summed E-state index contributed by atoms with van der Waals surface area (Å²) < 4.78 is 10.7. The predicted octanol–water partition coefficient (Wildman–Crippen LogP) is 1.72. The van der Waals surface area contributed by atoms with Gasteiger partial charge in [-0.1, -0.05) is 0 Å². The second kappa shape index (κ2) is 8.27. The summed E-state index contributed by atoms with van der Waals surface area (Å²) in [6.45, 7) is 3.09. The van der Waals surface area contributed by atoms with Crippen molar-refractivity contribution in [2.24, 2.45) is 0 Å². The van der Waals surface area contributed by atoms with Gasteiger partial charge in [-0.05, 0) is 6.07 Å². The molecule has 1 saturated heterocycles. The third-order valence-corrected chi connectivity index (χ3v) is 4.55. The number of aromatic nitrogens is 2. The zero-order chi connectivity index (χ0) is 18.5. The summed E-state index contributed by atoms with van der Waals surface area (Å²) in [6, 6.07) is 3.65. The molecule has 3 rings (SSSR count). The van der Waals surface area contributed by atoms with E-state index in [4.69, 9.17) is 21.1 Å². The summed E-state index contributed by atoms with van der Waals surface area (Å²) in [7, 11) is 3.20. The van der Waals surface area contributed by atoms with E-state index < -0.39 is 0 Å². The quantitative estimate of drug-likeness (QED) is 0.797. The number of carbonyl (C=O) groups excluding carboxylic acids is 1. The first-order chi connectivity index (χ1) is 12.7. The lowest BCUT2D eigenvalue weighted by Gasteiger charge is -2.35. The van der Waals surface area contributed by atoms with Crippen LogP contribution in [0.2, 0.25) is 0 Å². The number of hydrogen-bond acceptors (Lipinski definition) is 6. The average Bonchev–Trinajstić information content (AvgIpc) is 2.70. The van der Waals surface area contributed by atoms with Crippen LogP contribution in [0.3, 0.4) is 0 Å². The van der Waals surface area contributed by atoms with Crippen molar-refractivity contribution in [1.82, 2.24) is 20.2 Å². The van der Waals surface area contributed by atoms with Crippen LogP contribution in [0.15, 0.2) is 18.5 Å². The van der Waals surface area contributed by atoms with Gasteiger partial charge in [-0.15, -0.1) is 11.6 Å². The third kappa shape index (κ3) is 3.70. The highest BCUT2D eigenvalue weighted by atomic mass is 35.5. The number of halogens is 1. The molecule has 0 spiro atoms. The second-order valence-corrected chi connectivity index (χ2v) is 6.19. The molecule has 0 radical (unpaired) electrons. The van der Waals surface area contributed by atoms with E-state index >= 15 is 0 Å². The smallest absolute Gasteiger partial charge is 0.317 e. The van der Waals surface area contributed by atoms with Crippen LogP contribution in [0.25, 0.3) is 10.9 Å². The van der Waals surface area contributed by atoms with Gasteiger partial charge in [0, 0.05) is 50.1 Å². The van der Waals surface area contributed by atoms with Crippen LogP contribution in [0.1, 0.15) is 0 Å². The van der Waals surface area contributed by atoms with E-state index in [0.29, 0.717) is 50.1 Å². The zero-order valence-electron chi connectivity index (χ0n) is 14.9. The number of nitrogens with one attached hydrogen (secondary N) is 1. The summed E-state index contributed by atoms with van der Waals surface area (Å²) >= 11 is 5.61. The largest absolute Gasteiger partial charge is 0.493 e. The van der Waals surface area contributed by atoms with Gasteiger partial charge in [0.05, 0.1) is 19.7 Å². The lowest BCUT2D eigenvalue weighted by Crippen LogP contribution is -2.52. The molecule has 2 amide bonds. The van der Waals surface area contributed by atoms with Gasteiger partial charge in [-0.25, -0.2) is 14.8 Å². The lowest BCUT2D eigenvalue weighted by molar-refractivity contribution is 0.195. The van der Waals surface area contributed by atoms with E-state index in [2.05, 4.69) is 20.2 Å². The maximum absolute atomic E-state index is 12.0. The summed E-state index contributed by atoms with van der Waals surface area (Å²) in [5.41, 5.74) is 0.787. The Hall–Kier alpha value is -2.48. The first-order valence-corrected chi connectivity index (χ1v) is 8.91. The summed E-state index contributed by atoms with van der Waals surface area (Å²) in [6.07, 6.45) is 1.54. The summed E-state index contributed by atoms with van der Waals surface area (Å²) in [5, 5.41) is 3.69. The molecule has 2 aromatic rings. The number of methoxy groups -OCH3 is 2. The molecule has 1 fully saturated rings. The molecule has 0 aliphatic carbocycles. The first-order valence-electron chi connectivity index (χ1n) is 8.38. The van der Waals surface area contributed by atoms with Crippen LogP contribution in [-0.4, -0.2) is 73.7 Å². The zero-order valence-corrected chi connectivity index (χ0v) is 15.6. The van der Waals surface area contributed by atoms with Crippen LogP contribution in [-0.2, 0) is 0 Å². The van der Waals surface area contributed by atoms with E-state index in [1.54, 1.807) is 25.4 Å². The molecule has 1 aromatic carbocycles. The van der Waals surface area contributed by atoms with Crippen molar-refractivity contribution in [3.63, 3.8) is 0 Å². The Bertz CT molecular complexity index is 780. The van der Waals surface area contributed by atoms with Crippen molar-refractivity contribution >= 4 is 34.4 Å². The molecule has 26 heavy (non-hydrogen) atoms.